The van der Waals surface area contributed by atoms with Gasteiger partial charge in [0.1, 0.15) is 0 Å². The van der Waals surface area contributed by atoms with Crippen molar-refractivity contribution in [1.29, 1.82) is 0 Å². The van der Waals surface area contributed by atoms with Crippen LogP contribution in [0.5, 0.6) is 0 Å². The third-order valence-corrected chi connectivity index (χ3v) is 5.09. The summed E-state index contributed by atoms with van der Waals surface area (Å²) < 4.78 is 5.52. The minimum atomic E-state index is -0.0539. The molecule has 1 aromatic heterocycles. The van der Waals surface area contributed by atoms with Crippen LogP contribution >= 0.6 is 0 Å². The third kappa shape index (κ3) is 3.06. The molecule has 0 aliphatic carbocycles. The molecule has 130 valence electrons. The van der Waals surface area contributed by atoms with E-state index in [2.05, 4.69) is 0 Å². The van der Waals surface area contributed by atoms with E-state index in [-0.39, 0.29) is 11.8 Å². The van der Waals surface area contributed by atoms with Crippen molar-refractivity contribution in [2.75, 3.05) is 18.0 Å². The number of furan rings is 1. The van der Waals surface area contributed by atoms with E-state index in [9.17, 15) is 9.59 Å². The zero-order valence-electron chi connectivity index (χ0n) is 14.2. The quantitative estimate of drug-likeness (QED) is 0.862. The Balaban J connectivity index is 1.56. The van der Waals surface area contributed by atoms with Gasteiger partial charge in [-0.3, -0.25) is 9.59 Å². The zero-order chi connectivity index (χ0) is 17.2. The normalized spacial score (nSPS) is 17.5. The van der Waals surface area contributed by atoms with Crippen LogP contribution in [0.1, 0.15) is 47.4 Å². The molecule has 0 atom stereocenters. The van der Waals surface area contributed by atoms with Crippen molar-refractivity contribution < 1.29 is 14.0 Å². The molecule has 2 aliphatic rings. The number of para-hydroxylation sites is 1. The molecule has 2 aromatic rings. The van der Waals surface area contributed by atoms with Gasteiger partial charge >= 0.3 is 0 Å². The number of anilines is 1. The van der Waals surface area contributed by atoms with Crippen LogP contribution in [0.15, 0.2) is 41.0 Å². The first-order valence-corrected chi connectivity index (χ1v) is 8.98. The third-order valence-electron chi connectivity index (χ3n) is 5.09. The van der Waals surface area contributed by atoms with E-state index in [0.717, 1.165) is 42.7 Å². The summed E-state index contributed by atoms with van der Waals surface area (Å²) in [6.45, 7) is 1.94. The summed E-state index contributed by atoms with van der Waals surface area (Å²) in [4.78, 5) is 28.9. The first kappa shape index (κ1) is 15.9. The van der Waals surface area contributed by atoms with Gasteiger partial charge in [-0.2, -0.15) is 0 Å². The largest absolute Gasteiger partial charge is 0.459 e. The van der Waals surface area contributed by atoms with E-state index in [1.54, 1.807) is 17.2 Å². The van der Waals surface area contributed by atoms with Crippen molar-refractivity contribution >= 4 is 17.5 Å². The molecule has 4 rings (SSSR count). The standard InChI is InChI=1S/C20H22N2O3/c23-18-13-15-7-3-4-8-17(15)22(18)14-16-9-12-25-19(16)20(24)21-10-5-1-2-6-11-21/h3-4,7-9,12H,1-2,5-6,10-11,13-14H2. The molecule has 5 nitrogen and oxygen atoms in total. The summed E-state index contributed by atoms with van der Waals surface area (Å²) >= 11 is 0. The van der Waals surface area contributed by atoms with E-state index in [4.69, 9.17) is 4.42 Å². The Morgan fingerprint density at radius 1 is 1.04 bits per heavy atom. The van der Waals surface area contributed by atoms with Crippen molar-refractivity contribution in [2.24, 2.45) is 0 Å². The predicted octanol–water partition coefficient (Wildman–Crippen LogP) is 3.39. The molecule has 2 amide bonds. The van der Waals surface area contributed by atoms with Crippen LogP contribution in [0.4, 0.5) is 5.69 Å². The van der Waals surface area contributed by atoms with Crippen molar-refractivity contribution in [3.05, 3.63) is 53.5 Å². The summed E-state index contributed by atoms with van der Waals surface area (Å²) in [6, 6.07) is 9.62. The Morgan fingerprint density at radius 2 is 1.80 bits per heavy atom. The number of carbonyl (C=O) groups is 2. The molecule has 0 N–H and O–H groups in total. The second kappa shape index (κ2) is 6.75. The lowest BCUT2D eigenvalue weighted by Crippen LogP contribution is -2.33. The highest BCUT2D eigenvalue weighted by Gasteiger charge is 2.30. The number of nitrogens with zero attached hydrogens (tertiary/aromatic N) is 2. The van der Waals surface area contributed by atoms with E-state index in [1.807, 2.05) is 29.2 Å². The van der Waals surface area contributed by atoms with E-state index < -0.39 is 0 Å². The van der Waals surface area contributed by atoms with Crippen molar-refractivity contribution in [2.45, 2.75) is 38.6 Å². The number of rotatable bonds is 3. The van der Waals surface area contributed by atoms with Crippen molar-refractivity contribution in [3.8, 4) is 0 Å². The van der Waals surface area contributed by atoms with Gasteiger partial charge in [-0.15, -0.1) is 0 Å². The summed E-state index contributed by atoms with van der Waals surface area (Å²) in [5.41, 5.74) is 2.75. The maximum Gasteiger partial charge on any atom is 0.289 e. The molecule has 0 unspecified atom stereocenters. The second-order valence-corrected chi connectivity index (χ2v) is 6.77. The molecule has 3 heterocycles. The lowest BCUT2D eigenvalue weighted by Gasteiger charge is -2.21. The van der Waals surface area contributed by atoms with Crippen LogP contribution in [-0.4, -0.2) is 29.8 Å². The lowest BCUT2D eigenvalue weighted by atomic mass is 10.1. The highest BCUT2D eigenvalue weighted by atomic mass is 16.3. The van der Waals surface area contributed by atoms with Crippen LogP contribution in [0.25, 0.3) is 0 Å². The fourth-order valence-electron chi connectivity index (χ4n) is 3.73. The molecule has 1 fully saturated rings. The predicted molar refractivity (Wildman–Crippen MR) is 94.4 cm³/mol. The number of hydrogen-bond donors (Lipinski definition) is 0. The molecule has 1 saturated heterocycles. The van der Waals surface area contributed by atoms with Gasteiger partial charge in [-0.25, -0.2) is 0 Å². The maximum absolute atomic E-state index is 12.9. The molecule has 5 heteroatoms. The summed E-state index contributed by atoms with van der Waals surface area (Å²) in [5.74, 6) is 0.386. The highest BCUT2D eigenvalue weighted by Crippen LogP contribution is 2.31. The van der Waals surface area contributed by atoms with Crippen molar-refractivity contribution in [1.82, 2.24) is 4.90 Å². The SMILES string of the molecule is O=C(c1occc1CN1C(=O)Cc2ccccc21)N1CCCCCC1. The lowest BCUT2D eigenvalue weighted by molar-refractivity contribution is -0.117. The molecule has 0 saturated carbocycles. The van der Waals surface area contributed by atoms with Gasteiger partial charge in [0.15, 0.2) is 5.76 Å². The zero-order valence-corrected chi connectivity index (χ0v) is 14.2. The van der Waals surface area contributed by atoms with Crippen molar-refractivity contribution in [3.63, 3.8) is 0 Å². The number of amides is 2. The number of benzene rings is 1. The van der Waals surface area contributed by atoms with Crippen LogP contribution in [0, 0.1) is 0 Å². The molecular weight excluding hydrogens is 316 g/mol. The van der Waals surface area contributed by atoms with Gasteiger partial charge in [0.05, 0.1) is 19.2 Å². The van der Waals surface area contributed by atoms with E-state index in [1.165, 1.54) is 12.8 Å². The number of likely N-dealkylation sites (tertiary alicyclic amines) is 1. The summed E-state index contributed by atoms with van der Waals surface area (Å²) in [5, 5.41) is 0. The summed E-state index contributed by atoms with van der Waals surface area (Å²) in [7, 11) is 0. The van der Waals surface area contributed by atoms with Gasteiger partial charge in [0.25, 0.3) is 5.91 Å². The van der Waals surface area contributed by atoms with E-state index in [0.29, 0.717) is 18.7 Å². The van der Waals surface area contributed by atoms with Gasteiger partial charge in [0.2, 0.25) is 5.91 Å². The van der Waals surface area contributed by atoms with E-state index >= 15 is 0 Å². The monoisotopic (exact) mass is 338 g/mol. The van der Waals surface area contributed by atoms with Gasteiger partial charge in [-0.05, 0) is 30.5 Å². The average molecular weight is 338 g/mol. The maximum atomic E-state index is 12.9. The van der Waals surface area contributed by atoms with Gasteiger partial charge in [0, 0.05) is 24.3 Å². The Labute approximate surface area is 147 Å². The van der Waals surface area contributed by atoms with Crippen LogP contribution in [0.3, 0.4) is 0 Å². The molecule has 0 spiro atoms. The Kier molecular flexibility index (Phi) is 4.30. The molecule has 25 heavy (non-hydrogen) atoms. The minimum absolute atomic E-state index is 0.0539. The number of fused-ring (bicyclic) bond motifs is 1. The average Bonchev–Trinajstić information content (AvgIpc) is 3.09. The van der Waals surface area contributed by atoms with Gasteiger partial charge in [-0.1, -0.05) is 31.0 Å². The first-order valence-electron chi connectivity index (χ1n) is 8.98. The van der Waals surface area contributed by atoms with Crippen LogP contribution in [0.2, 0.25) is 0 Å². The molecule has 0 radical (unpaired) electrons. The topological polar surface area (TPSA) is 53.8 Å². The number of hydrogen-bond acceptors (Lipinski definition) is 3. The van der Waals surface area contributed by atoms with Crippen LogP contribution < -0.4 is 4.90 Å². The fourth-order valence-corrected chi connectivity index (χ4v) is 3.73. The Bertz CT molecular complexity index is 788. The molecule has 1 aromatic carbocycles. The first-order chi connectivity index (χ1) is 12.2. The smallest absolute Gasteiger partial charge is 0.289 e. The van der Waals surface area contributed by atoms with Gasteiger partial charge < -0.3 is 14.2 Å². The second-order valence-electron chi connectivity index (χ2n) is 6.77. The Morgan fingerprint density at radius 3 is 2.60 bits per heavy atom. The number of carbonyl (C=O) groups excluding carboxylic acids is 2. The Hall–Kier alpha value is -2.56. The minimum Gasteiger partial charge on any atom is -0.459 e. The molecule has 2 aliphatic heterocycles. The molecule has 0 bridgehead atoms. The summed E-state index contributed by atoms with van der Waals surface area (Å²) in [6.07, 6.45) is 6.40. The van der Waals surface area contributed by atoms with Crippen LogP contribution in [-0.2, 0) is 17.8 Å². The molecular formula is C20H22N2O3. The fraction of sp³-hybridized carbons (Fsp3) is 0.400. The highest BCUT2D eigenvalue weighted by molar-refractivity contribution is 6.01.